The van der Waals surface area contributed by atoms with E-state index in [1.165, 1.54) is 29.2 Å². The van der Waals surface area contributed by atoms with Gasteiger partial charge in [-0.1, -0.05) is 13.0 Å². The third kappa shape index (κ3) is 6.79. The number of hydrogen-bond donors (Lipinski definition) is 2. The van der Waals surface area contributed by atoms with Crippen molar-refractivity contribution in [3.05, 3.63) is 42.2 Å². The second-order valence-electron chi connectivity index (χ2n) is 7.36. The Hall–Kier alpha value is -2.92. The summed E-state index contributed by atoms with van der Waals surface area (Å²) >= 11 is 0. The van der Waals surface area contributed by atoms with Gasteiger partial charge < -0.3 is 15.4 Å². The van der Waals surface area contributed by atoms with Gasteiger partial charge in [-0.2, -0.15) is 18.3 Å². The Bertz CT molecular complexity index is 909. The van der Waals surface area contributed by atoms with E-state index in [0.717, 1.165) is 25.2 Å². The molecule has 0 spiro atoms. The van der Waals surface area contributed by atoms with Gasteiger partial charge in [-0.25, -0.2) is 0 Å². The molecule has 0 bridgehead atoms. The molecule has 2 N–H and O–H groups in total. The van der Waals surface area contributed by atoms with Crippen LogP contribution in [0.4, 0.5) is 24.5 Å². The number of morpholine rings is 1. The van der Waals surface area contributed by atoms with Crippen molar-refractivity contribution in [3.8, 4) is 0 Å². The zero-order valence-electron chi connectivity index (χ0n) is 17.0. The van der Waals surface area contributed by atoms with Crippen LogP contribution in [-0.2, 0) is 27.0 Å². The molecule has 1 fully saturated rings. The lowest BCUT2D eigenvalue weighted by atomic mass is 10.1. The minimum atomic E-state index is -4.49. The summed E-state index contributed by atoms with van der Waals surface area (Å²) in [6.45, 7) is 5.12. The maximum absolute atomic E-state index is 12.8. The van der Waals surface area contributed by atoms with Gasteiger partial charge in [-0.05, 0) is 18.2 Å². The number of rotatable bonds is 7. The minimum Gasteiger partial charge on any atom is -0.379 e. The van der Waals surface area contributed by atoms with Crippen molar-refractivity contribution in [2.24, 2.45) is 5.92 Å². The van der Waals surface area contributed by atoms with Crippen LogP contribution in [0.2, 0.25) is 0 Å². The fourth-order valence-electron chi connectivity index (χ4n) is 3.15. The first-order valence-corrected chi connectivity index (χ1v) is 9.81. The number of nitrogens with one attached hydrogen (secondary N) is 2. The van der Waals surface area contributed by atoms with E-state index in [1.807, 2.05) is 6.92 Å². The molecule has 2 aromatic rings. The average Bonchev–Trinajstić information content (AvgIpc) is 3.14. The van der Waals surface area contributed by atoms with Gasteiger partial charge in [-0.3, -0.25) is 19.2 Å². The number of hydrogen-bond acceptors (Lipinski definition) is 5. The Morgan fingerprint density at radius 3 is 2.65 bits per heavy atom. The first-order valence-electron chi connectivity index (χ1n) is 9.81. The lowest BCUT2D eigenvalue weighted by Gasteiger charge is -2.28. The molecule has 1 saturated heterocycles. The van der Waals surface area contributed by atoms with Crippen LogP contribution in [0.5, 0.6) is 0 Å². The van der Waals surface area contributed by atoms with Crippen LogP contribution in [0.25, 0.3) is 0 Å². The summed E-state index contributed by atoms with van der Waals surface area (Å²) in [4.78, 5) is 26.7. The second kappa shape index (κ2) is 9.92. The molecule has 1 atom stereocenters. The molecule has 8 nitrogen and oxygen atoms in total. The van der Waals surface area contributed by atoms with E-state index in [-0.39, 0.29) is 24.1 Å². The third-order valence-electron chi connectivity index (χ3n) is 4.76. The lowest BCUT2D eigenvalue weighted by molar-refractivity contribution is -0.137. The Morgan fingerprint density at radius 1 is 1.19 bits per heavy atom. The van der Waals surface area contributed by atoms with Crippen LogP contribution >= 0.6 is 0 Å². The molecule has 2 amide bonds. The summed E-state index contributed by atoms with van der Waals surface area (Å²) in [5, 5.41) is 9.19. The monoisotopic (exact) mass is 439 g/mol. The highest BCUT2D eigenvalue weighted by atomic mass is 19.4. The standard InChI is InChI=1S/C20H24F3N5O3/c1-14(11-27-5-7-31-8-6-27)19(30)26-17-10-24-28(12-17)13-18(29)25-16-4-2-3-15(9-16)20(21,22)23/h2-4,9-10,12,14H,5-8,11,13H2,1H3,(H,25,29)(H,26,30). The first kappa shape index (κ1) is 22.8. The number of alkyl halides is 3. The largest absolute Gasteiger partial charge is 0.416 e. The molecule has 1 aromatic carbocycles. The molecule has 2 heterocycles. The maximum Gasteiger partial charge on any atom is 0.416 e. The predicted molar refractivity (Wildman–Crippen MR) is 107 cm³/mol. The molecule has 1 aliphatic heterocycles. The molecule has 0 saturated carbocycles. The van der Waals surface area contributed by atoms with Crippen molar-refractivity contribution in [2.75, 3.05) is 43.5 Å². The Kier molecular flexibility index (Phi) is 7.29. The molecular weight excluding hydrogens is 415 g/mol. The van der Waals surface area contributed by atoms with Crippen LogP contribution < -0.4 is 10.6 Å². The highest BCUT2D eigenvalue weighted by Gasteiger charge is 2.30. The summed E-state index contributed by atoms with van der Waals surface area (Å²) in [5.41, 5.74) is -0.372. The van der Waals surface area contributed by atoms with Crippen molar-refractivity contribution < 1.29 is 27.5 Å². The predicted octanol–water partition coefficient (Wildman–Crippen LogP) is 2.45. The molecule has 3 rings (SSSR count). The summed E-state index contributed by atoms with van der Waals surface area (Å²) in [7, 11) is 0. The molecule has 11 heteroatoms. The molecule has 0 radical (unpaired) electrons. The van der Waals surface area contributed by atoms with Gasteiger partial charge in [-0.15, -0.1) is 0 Å². The number of benzene rings is 1. The third-order valence-corrected chi connectivity index (χ3v) is 4.76. The van der Waals surface area contributed by atoms with E-state index in [2.05, 4.69) is 20.6 Å². The van der Waals surface area contributed by atoms with Crippen molar-refractivity contribution in [3.63, 3.8) is 0 Å². The van der Waals surface area contributed by atoms with Crippen LogP contribution in [0.15, 0.2) is 36.7 Å². The zero-order chi connectivity index (χ0) is 22.4. The molecule has 1 aromatic heterocycles. The quantitative estimate of drug-likeness (QED) is 0.692. The van der Waals surface area contributed by atoms with Gasteiger partial charge in [0.1, 0.15) is 6.54 Å². The number of anilines is 2. The van der Waals surface area contributed by atoms with Gasteiger partial charge in [0.15, 0.2) is 0 Å². The van der Waals surface area contributed by atoms with Crippen LogP contribution in [-0.4, -0.2) is 59.3 Å². The van der Waals surface area contributed by atoms with E-state index >= 15 is 0 Å². The van der Waals surface area contributed by atoms with E-state index in [9.17, 15) is 22.8 Å². The van der Waals surface area contributed by atoms with E-state index in [0.29, 0.717) is 25.4 Å². The number of aromatic nitrogens is 2. The Morgan fingerprint density at radius 2 is 1.94 bits per heavy atom. The molecular formula is C20H24F3N5O3. The van der Waals surface area contributed by atoms with Gasteiger partial charge in [0.25, 0.3) is 0 Å². The second-order valence-corrected chi connectivity index (χ2v) is 7.36. The van der Waals surface area contributed by atoms with Crippen molar-refractivity contribution >= 4 is 23.2 Å². The molecule has 1 unspecified atom stereocenters. The van der Waals surface area contributed by atoms with Crippen molar-refractivity contribution in [2.45, 2.75) is 19.6 Å². The SMILES string of the molecule is CC(CN1CCOCC1)C(=O)Nc1cnn(CC(=O)Nc2cccc(C(F)(F)F)c2)c1. The summed E-state index contributed by atoms with van der Waals surface area (Å²) in [6, 6.07) is 4.39. The van der Waals surface area contributed by atoms with Crippen molar-refractivity contribution in [1.82, 2.24) is 14.7 Å². The van der Waals surface area contributed by atoms with E-state index < -0.39 is 17.6 Å². The highest BCUT2D eigenvalue weighted by molar-refractivity contribution is 5.92. The topological polar surface area (TPSA) is 88.5 Å². The molecule has 1 aliphatic rings. The number of nitrogens with zero attached hydrogens (tertiary/aromatic N) is 3. The fourth-order valence-corrected chi connectivity index (χ4v) is 3.15. The number of ether oxygens (including phenoxy) is 1. The van der Waals surface area contributed by atoms with Gasteiger partial charge in [0, 0.05) is 37.4 Å². The summed E-state index contributed by atoms with van der Waals surface area (Å²) in [5.74, 6) is -0.953. The van der Waals surface area contributed by atoms with Crippen molar-refractivity contribution in [1.29, 1.82) is 0 Å². The number of amides is 2. The van der Waals surface area contributed by atoms with Crippen LogP contribution in [0.1, 0.15) is 12.5 Å². The Labute approximate surface area is 177 Å². The minimum absolute atomic E-state index is 0.0393. The molecule has 168 valence electrons. The van der Waals surface area contributed by atoms with E-state index in [4.69, 9.17) is 4.74 Å². The zero-order valence-corrected chi connectivity index (χ0v) is 17.0. The highest BCUT2D eigenvalue weighted by Crippen LogP contribution is 2.30. The van der Waals surface area contributed by atoms with E-state index in [1.54, 1.807) is 0 Å². The first-order chi connectivity index (χ1) is 14.7. The molecule has 31 heavy (non-hydrogen) atoms. The van der Waals surface area contributed by atoms with Gasteiger partial charge in [0.2, 0.25) is 11.8 Å². The lowest BCUT2D eigenvalue weighted by Crippen LogP contribution is -2.41. The average molecular weight is 439 g/mol. The van der Waals surface area contributed by atoms with Gasteiger partial charge in [0.05, 0.1) is 30.7 Å². The normalized spacial score (nSPS) is 16.0. The smallest absolute Gasteiger partial charge is 0.379 e. The summed E-state index contributed by atoms with van der Waals surface area (Å²) in [6.07, 6.45) is -1.59. The Balaban J connectivity index is 1.50. The fraction of sp³-hybridized carbons (Fsp3) is 0.450. The number of carbonyl (C=O) groups is 2. The van der Waals surface area contributed by atoms with Gasteiger partial charge >= 0.3 is 6.18 Å². The van der Waals surface area contributed by atoms with Crippen LogP contribution in [0.3, 0.4) is 0 Å². The van der Waals surface area contributed by atoms with Crippen LogP contribution in [0, 0.1) is 5.92 Å². The maximum atomic E-state index is 12.8. The number of carbonyl (C=O) groups excluding carboxylic acids is 2. The molecule has 0 aliphatic carbocycles. The number of halogens is 3. The summed E-state index contributed by atoms with van der Waals surface area (Å²) < 4.78 is 44.9.